The molecule has 1 atom stereocenters. The number of hydrogen-bond donors (Lipinski definition) is 0. The second kappa shape index (κ2) is 6.34. The summed E-state index contributed by atoms with van der Waals surface area (Å²) in [6.07, 6.45) is 7.51. The van der Waals surface area contributed by atoms with Crippen LogP contribution in [-0.2, 0) is 17.3 Å². The maximum absolute atomic E-state index is 13.2. The molecule has 0 bridgehead atoms. The summed E-state index contributed by atoms with van der Waals surface area (Å²) < 4.78 is 9.12. The SMILES string of the molecule is Cn1cc(Cl)c(C(=O)N2CC3(CCOCC3)C2c2cnn(C(C)(C)C)c2)n1. The van der Waals surface area contributed by atoms with Crippen LogP contribution in [0.3, 0.4) is 0 Å². The van der Waals surface area contributed by atoms with Gasteiger partial charge in [0.15, 0.2) is 5.69 Å². The van der Waals surface area contributed by atoms with Crippen LogP contribution in [0.15, 0.2) is 18.6 Å². The molecule has 0 saturated carbocycles. The first kappa shape index (κ1) is 18.5. The summed E-state index contributed by atoms with van der Waals surface area (Å²) in [4.78, 5) is 15.1. The predicted molar refractivity (Wildman–Crippen MR) is 102 cm³/mol. The molecule has 8 heteroatoms. The van der Waals surface area contributed by atoms with Gasteiger partial charge in [-0.3, -0.25) is 14.2 Å². The van der Waals surface area contributed by atoms with Crippen LogP contribution in [-0.4, -0.2) is 50.1 Å². The molecule has 0 radical (unpaired) electrons. The number of rotatable bonds is 2. The van der Waals surface area contributed by atoms with E-state index < -0.39 is 0 Å². The second-order valence-electron chi connectivity index (χ2n) is 8.70. The highest BCUT2D eigenvalue weighted by molar-refractivity contribution is 6.33. The van der Waals surface area contributed by atoms with E-state index in [0.717, 1.165) is 31.6 Å². The molecule has 2 aliphatic rings. The summed E-state index contributed by atoms with van der Waals surface area (Å²) in [5.74, 6) is -0.119. The number of amides is 1. The maximum atomic E-state index is 13.2. The average molecular weight is 392 g/mol. The fourth-order valence-electron chi connectivity index (χ4n) is 4.25. The van der Waals surface area contributed by atoms with Crippen LogP contribution in [0.2, 0.25) is 5.02 Å². The maximum Gasteiger partial charge on any atom is 0.276 e. The van der Waals surface area contributed by atoms with E-state index in [1.165, 1.54) is 0 Å². The Morgan fingerprint density at radius 1 is 1.30 bits per heavy atom. The van der Waals surface area contributed by atoms with Crippen molar-refractivity contribution in [3.8, 4) is 0 Å². The minimum atomic E-state index is -0.119. The molecule has 1 unspecified atom stereocenters. The summed E-state index contributed by atoms with van der Waals surface area (Å²) >= 11 is 6.23. The van der Waals surface area contributed by atoms with E-state index in [1.807, 2.05) is 15.8 Å². The molecule has 2 aliphatic heterocycles. The normalized spacial score (nSPS) is 22.1. The van der Waals surface area contributed by atoms with Crippen LogP contribution in [0.1, 0.15) is 55.7 Å². The summed E-state index contributed by atoms with van der Waals surface area (Å²) in [5.41, 5.74) is 1.32. The quantitative estimate of drug-likeness (QED) is 0.789. The molecule has 0 aliphatic carbocycles. The Hall–Kier alpha value is -1.86. The van der Waals surface area contributed by atoms with Crippen molar-refractivity contribution >= 4 is 17.5 Å². The second-order valence-corrected chi connectivity index (χ2v) is 9.11. The van der Waals surface area contributed by atoms with Gasteiger partial charge >= 0.3 is 0 Å². The van der Waals surface area contributed by atoms with Gasteiger partial charge in [0.25, 0.3) is 5.91 Å². The lowest BCUT2D eigenvalue weighted by atomic mass is 9.64. The molecule has 2 saturated heterocycles. The first-order valence-electron chi connectivity index (χ1n) is 9.34. The number of nitrogens with zero attached hydrogens (tertiary/aromatic N) is 5. The smallest absolute Gasteiger partial charge is 0.276 e. The third kappa shape index (κ3) is 3.06. The third-order valence-corrected chi connectivity index (χ3v) is 6.00. The fraction of sp³-hybridized carbons (Fsp3) is 0.632. The number of carbonyl (C=O) groups is 1. The third-order valence-electron chi connectivity index (χ3n) is 5.72. The van der Waals surface area contributed by atoms with Crippen molar-refractivity contribution in [1.82, 2.24) is 24.5 Å². The van der Waals surface area contributed by atoms with Crippen molar-refractivity contribution in [3.63, 3.8) is 0 Å². The monoisotopic (exact) mass is 391 g/mol. The van der Waals surface area contributed by atoms with Gasteiger partial charge in [-0.25, -0.2) is 0 Å². The molecular weight excluding hydrogens is 366 g/mol. The summed E-state index contributed by atoms with van der Waals surface area (Å²) in [5, 5.41) is 9.21. The highest BCUT2D eigenvalue weighted by Crippen LogP contribution is 2.55. The van der Waals surface area contributed by atoms with Gasteiger partial charge in [0.05, 0.1) is 22.8 Å². The van der Waals surface area contributed by atoms with Gasteiger partial charge in [-0.2, -0.15) is 10.2 Å². The zero-order valence-electron chi connectivity index (χ0n) is 16.3. The molecule has 2 aromatic heterocycles. The first-order chi connectivity index (χ1) is 12.7. The lowest BCUT2D eigenvalue weighted by Crippen LogP contribution is -2.62. The minimum Gasteiger partial charge on any atom is -0.381 e. The lowest BCUT2D eigenvalue weighted by molar-refractivity contribution is -0.115. The number of aryl methyl sites for hydroxylation is 1. The van der Waals surface area contributed by atoms with Crippen molar-refractivity contribution in [2.45, 2.75) is 45.2 Å². The molecule has 2 fully saturated rings. The number of halogens is 1. The number of aromatic nitrogens is 4. The highest BCUT2D eigenvalue weighted by Gasteiger charge is 2.56. The lowest BCUT2D eigenvalue weighted by Gasteiger charge is -2.58. The number of ether oxygens (including phenoxy) is 1. The molecule has 0 aromatic carbocycles. The molecule has 4 heterocycles. The Morgan fingerprint density at radius 2 is 2.00 bits per heavy atom. The Labute approximate surface area is 164 Å². The summed E-state index contributed by atoms with van der Waals surface area (Å²) in [7, 11) is 1.77. The van der Waals surface area contributed by atoms with Crippen LogP contribution < -0.4 is 0 Å². The van der Waals surface area contributed by atoms with Crippen LogP contribution >= 0.6 is 11.6 Å². The van der Waals surface area contributed by atoms with Gasteiger partial charge in [-0.1, -0.05) is 11.6 Å². The fourth-order valence-corrected chi connectivity index (χ4v) is 4.51. The van der Waals surface area contributed by atoms with Gasteiger partial charge in [0.1, 0.15) is 0 Å². The van der Waals surface area contributed by atoms with Crippen molar-refractivity contribution in [2.75, 3.05) is 19.8 Å². The van der Waals surface area contributed by atoms with Crippen molar-refractivity contribution in [2.24, 2.45) is 12.5 Å². The minimum absolute atomic E-state index is 0.0249. The Bertz CT molecular complexity index is 860. The Kier molecular flexibility index (Phi) is 4.35. The topological polar surface area (TPSA) is 65.2 Å². The van der Waals surface area contributed by atoms with Crippen molar-refractivity contribution in [3.05, 3.63) is 34.9 Å². The molecule has 4 rings (SSSR count). The van der Waals surface area contributed by atoms with E-state index in [0.29, 0.717) is 17.3 Å². The standard InChI is InChI=1S/C19H26ClN5O2/c1-18(2,3)25-10-13(9-21-25)16-19(5-7-27-8-6-19)12-24(16)17(26)15-14(20)11-23(4)22-15/h9-11,16H,5-8,12H2,1-4H3. The molecule has 0 N–H and O–H groups in total. The Balaban J connectivity index is 1.69. The number of hydrogen-bond acceptors (Lipinski definition) is 4. The van der Waals surface area contributed by atoms with Gasteiger partial charge < -0.3 is 9.64 Å². The van der Waals surface area contributed by atoms with E-state index in [4.69, 9.17) is 16.3 Å². The van der Waals surface area contributed by atoms with E-state index in [-0.39, 0.29) is 22.9 Å². The average Bonchev–Trinajstić information content (AvgIpc) is 3.19. The molecule has 1 amide bonds. The van der Waals surface area contributed by atoms with E-state index in [1.54, 1.807) is 17.9 Å². The first-order valence-corrected chi connectivity index (χ1v) is 9.72. The number of carbonyl (C=O) groups excluding carboxylic acids is 1. The van der Waals surface area contributed by atoms with Gasteiger partial charge in [0, 0.05) is 50.2 Å². The zero-order chi connectivity index (χ0) is 19.4. The highest BCUT2D eigenvalue weighted by atomic mass is 35.5. The van der Waals surface area contributed by atoms with Gasteiger partial charge in [-0.05, 0) is 33.6 Å². The molecule has 146 valence electrons. The molecule has 2 aromatic rings. The van der Waals surface area contributed by atoms with Crippen LogP contribution in [0.5, 0.6) is 0 Å². The number of likely N-dealkylation sites (tertiary alicyclic amines) is 1. The van der Waals surface area contributed by atoms with Crippen LogP contribution in [0, 0.1) is 5.41 Å². The molecule has 1 spiro atoms. The largest absolute Gasteiger partial charge is 0.381 e. The molecule has 7 nitrogen and oxygen atoms in total. The summed E-state index contributed by atoms with van der Waals surface area (Å²) in [6, 6.07) is -0.0249. The zero-order valence-corrected chi connectivity index (χ0v) is 17.0. The van der Waals surface area contributed by atoms with E-state index in [9.17, 15) is 4.79 Å². The van der Waals surface area contributed by atoms with E-state index >= 15 is 0 Å². The molecular formula is C19H26ClN5O2. The summed E-state index contributed by atoms with van der Waals surface area (Å²) in [6.45, 7) is 8.52. The van der Waals surface area contributed by atoms with Crippen LogP contribution in [0.25, 0.3) is 0 Å². The van der Waals surface area contributed by atoms with Crippen LogP contribution in [0.4, 0.5) is 0 Å². The molecule has 27 heavy (non-hydrogen) atoms. The van der Waals surface area contributed by atoms with Gasteiger partial charge in [-0.15, -0.1) is 0 Å². The van der Waals surface area contributed by atoms with Crippen molar-refractivity contribution < 1.29 is 9.53 Å². The Morgan fingerprint density at radius 3 is 2.56 bits per heavy atom. The van der Waals surface area contributed by atoms with Crippen molar-refractivity contribution in [1.29, 1.82) is 0 Å². The predicted octanol–water partition coefficient (Wildman–Crippen LogP) is 3.02. The van der Waals surface area contributed by atoms with E-state index in [2.05, 4.69) is 37.2 Å². The van der Waals surface area contributed by atoms with Gasteiger partial charge in [0.2, 0.25) is 0 Å².